The number of pyridine rings is 1. The van der Waals surface area contributed by atoms with Crippen LogP contribution in [0.4, 0.5) is 4.79 Å². The van der Waals surface area contributed by atoms with E-state index in [2.05, 4.69) is 38.3 Å². The maximum atomic E-state index is 13.1. The smallest absolute Gasteiger partial charge is 0.318 e. The minimum Gasteiger partial charge on any atom is -0.334 e. The first-order valence-electron chi connectivity index (χ1n) is 10.0. The third-order valence-corrected chi connectivity index (χ3v) is 6.65. The van der Waals surface area contributed by atoms with Gasteiger partial charge in [-0.05, 0) is 49.0 Å². The minimum atomic E-state index is 0.0778. The van der Waals surface area contributed by atoms with E-state index in [1.165, 1.54) is 31.5 Å². The quantitative estimate of drug-likeness (QED) is 0.913. The number of hydrogen-bond acceptors (Lipinski definition) is 3. The number of fused-ring (bicyclic) bond motifs is 2. The van der Waals surface area contributed by atoms with Gasteiger partial charge in [-0.1, -0.05) is 36.4 Å². The van der Waals surface area contributed by atoms with E-state index in [-0.39, 0.29) is 6.03 Å². The van der Waals surface area contributed by atoms with Crippen molar-refractivity contribution in [2.75, 3.05) is 19.6 Å². The highest BCUT2D eigenvalue weighted by Gasteiger charge is 2.54. The predicted octanol–water partition coefficient (Wildman–Crippen LogP) is 2.85. The second-order valence-electron chi connectivity index (χ2n) is 8.04. The van der Waals surface area contributed by atoms with Crippen LogP contribution in [-0.4, -0.2) is 52.5 Å². The van der Waals surface area contributed by atoms with Gasteiger partial charge < -0.3 is 10.2 Å². The maximum Gasteiger partial charge on any atom is 0.318 e. The predicted molar refractivity (Wildman–Crippen MR) is 104 cm³/mol. The van der Waals surface area contributed by atoms with E-state index in [1.54, 1.807) is 0 Å². The first-order valence-corrected chi connectivity index (χ1v) is 10.0. The van der Waals surface area contributed by atoms with Gasteiger partial charge >= 0.3 is 6.03 Å². The van der Waals surface area contributed by atoms with Crippen molar-refractivity contribution in [3.63, 3.8) is 0 Å². The molecular formula is C22H26N4O. The first-order chi connectivity index (χ1) is 13.3. The van der Waals surface area contributed by atoms with Gasteiger partial charge in [-0.15, -0.1) is 0 Å². The number of amides is 2. The number of carbonyl (C=O) groups is 1. The van der Waals surface area contributed by atoms with Crippen molar-refractivity contribution in [1.29, 1.82) is 0 Å². The van der Waals surface area contributed by atoms with Gasteiger partial charge in [-0.25, -0.2) is 4.79 Å². The summed E-state index contributed by atoms with van der Waals surface area (Å²) < 4.78 is 0. The molecule has 4 fully saturated rings. The van der Waals surface area contributed by atoms with Crippen LogP contribution in [0.1, 0.15) is 29.9 Å². The van der Waals surface area contributed by atoms with Crippen molar-refractivity contribution in [3.8, 4) is 0 Å². The van der Waals surface area contributed by atoms with Crippen molar-refractivity contribution in [3.05, 3.63) is 66.0 Å². The molecule has 1 aromatic carbocycles. The van der Waals surface area contributed by atoms with Gasteiger partial charge in [0, 0.05) is 37.4 Å². The lowest BCUT2D eigenvalue weighted by molar-refractivity contribution is 0.00349. The van der Waals surface area contributed by atoms with E-state index in [1.807, 2.05) is 36.7 Å². The Hall–Kier alpha value is -2.40. The molecule has 2 bridgehead atoms. The number of carbonyl (C=O) groups excluding carboxylic acids is 1. The molecule has 27 heavy (non-hydrogen) atoms. The summed E-state index contributed by atoms with van der Waals surface area (Å²) >= 11 is 0. The molecule has 1 aromatic heterocycles. The summed E-state index contributed by atoms with van der Waals surface area (Å²) in [5.74, 6) is 0.985. The zero-order chi connectivity index (χ0) is 18.2. The molecule has 4 saturated heterocycles. The molecule has 3 atom stereocenters. The van der Waals surface area contributed by atoms with E-state index >= 15 is 0 Å². The molecule has 0 radical (unpaired) electrons. The SMILES string of the molecule is O=C(NCc1ccccc1)N1CC(c2cccnc2)C2C1C1CCN2CC1. The van der Waals surface area contributed by atoms with Gasteiger partial charge in [-0.2, -0.15) is 0 Å². The molecule has 140 valence electrons. The van der Waals surface area contributed by atoms with Crippen molar-refractivity contribution in [1.82, 2.24) is 20.1 Å². The van der Waals surface area contributed by atoms with Crippen molar-refractivity contribution in [2.24, 2.45) is 5.92 Å². The van der Waals surface area contributed by atoms with Crippen LogP contribution < -0.4 is 5.32 Å². The van der Waals surface area contributed by atoms with E-state index in [9.17, 15) is 4.79 Å². The fourth-order valence-corrected chi connectivity index (χ4v) is 5.42. The van der Waals surface area contributed by atoms with Crippen LogP contribution in [0.2, 0.25) is 0 Å². The Morgan fingerprint density at radius 1 is 1.07 bits per heavy atom. The molecule has 5 nitrogen and oxygen atoms in total. The Morgan fingerprint density at radius 3 is 2.63 bits per heavy atom. The summed E-state index contributed by atoms with van der Waals surface area (Å²) in [6, 6.07) is 15.2. The third-order valence-electron chi connectivity index (χ3n) is 6.65. The molecule has 0 aliphatic carbocycles. The van der Waals surface area contributed by atoms with E-state index < -0.39 is 0 Å². The van der Waals surface area contributed by atoms with Gasteiger partial charge in [0.15, 0.2) is 0 Å². The van der Waals surface area contributed by atoms with Crippen LogP contribution in [0.5, 0.6) is 0 Å². The van der Waals surface area contributed by atoms with Gasteiger partial charge in [0.25, 0.3) is 0 Å². The average molecular weight is 362 g/mol. The molecule has 1 N–H and O–H groups in total. The molecule has 6 rings (SSSR count). The molecule has 4 aliphatic rings. The maximum absolute atomic E-state index is 13.1. The summed E-state index contributed by atoms with van der Waals surface area (Å²) in [6.07, 6.45) is 6.23. The Balaban J connectivity index is 1.38. The zero-order valence-electron chi connectivity index (χ0n) is 15.5. The third kappa shape index (κ3) is 3.00. The van der Waals surface area contributed by atoms with Crippen LogP contribution in [-0.2, 0) is 6.54 Å². The number of benzene rings is 1. The largest absolute Gasteiger partial charge is 0.334 e. The fraction of sp³-hybridized carbons (Fsp3) is 0.455. The molecule has 5 heteroatoms. The Labute approximate surface area is 160 Å². The number of piperidine rings is 3. The lowest BCUT2D eigenvalue weighted by Gasteiger charge is -2.51. The highest BCUT2D eigenvalue weighted by molar-refractivity contribution is 5.75. The molecule has 4 aliphatic heterocycles. The molecule has 3 unspecified atom stereocenters. The number of likely N-dealkylation sites (tertiary alicyclic amines) is 1. The standard InChI is InChI=1S/C22H26N4O/c27-22(24-13-16-5-2-1-3-6-16)26-15-19(18-7-4-10-23-14-18)21-20(26)17-8-11-25(21)12-9-17/h1-7,10,14,17,19-21H,8-9,11-13,15H2,(H,24,27). The van der Waals surface area contributed by atoms with E-state index in [0.29, 0.717) is 30.5 Å². The molecule has 2 aromatic rings. The van der Waals surface area contributed by atoms with Gasteiger partial charge in [0.1, 0.15) is 0 Å². The van der Waals surface area contributed by atoms with Crippen LogP contribution in [0.3, 0.4) is 0 Å². The number of aromatic nitrogens is 1. The highest BCUT2D eigenvalue weighted by atomic mass is 16.2. The number of nitrogens with one attached hydrogen (secondary N) is 1. The number of hydrogen-bond donors (Lipinski definition) is 1. The number of urea groups is 1. The minimum absolute atomic E-state index is 0.0778. The Bertz CT molecular complexity index is 788. The molecule has 0 spiro atoms. The molecule has 0 saturated carbocycles. The second-order valence-corrected chi connectivity index (χ2v) is 8.04. The Morgan fingerprint density at radius 2 is 1.89 bits per heavy atom. The van der Waals surface area contributed by atoms with Crippen LogP contribution in [0.15, 0.2) is 54.9 Å². The van der Waals surface area contributed by atoms with Crippen LogP contribution in [0, 0.1) is 5.92 Å². The molecular weight excluding hydrogens is 336 g/mol. The normalized spacial score (nSPS) is 31.6. The van der Waals surface area contributed by atoms with Gasteiger partial charge in [-0.3, -0.25) is 9.88 Å². The van der Waals surface area contributed by atoms with Gasteiger partial charge in [0.05, 0.1) is 6.04 Å². The number of nitrogens with zero attached hydrogens (tertiary/aromatic N) is 3. The monoisotopic (exact) mass is 362 g/mol. The summed E-state index contributed by atoms with van der Waals surface area (Å²) in [4.78, 5) is 22.2. The summed E-state index contributed by atoms with van der Waals surface area (Å²) in [7, 11) is 0. The van der Waals surface area contributed by atoms with Crippen molar-refractivity contribution < 1.29 is 4.79 Å². The molecule has 5 heterocycles. The van der Waals surface area contributed by atoms with Crippen LogP contribution >= 0.6 is 0 Å². The van der Waals surface area contributed by atoms with Crippen molar-refractivity contribution >= 4 is 6.03 Å². The fourth-order valence-electron chi connectivity index (χ4n) is 5.42. The van der Waals surface area contributed by atoms with E-state index in [4.69, 9.17) is 0 Å². The first kappa shape index (κ1) is 16.8. The van der Waals surface area contributed by atoms with E-state index in [0.717, 1.165) is 12.1 Å². The second kappa shape index (κ2) is 6.97. The lowest BCUT2D eigenvalue weighted by atomic mass is 9.75. The molecule has 2 amide bonds. The average Bonchev–Trinajstić information content (AvgIpc) is 3.17. The Kier molecular flexibility index (Phi) is 4.32. The van der Waals surface area contributed by atoms with Crippen molar-refractivity contribution in [2.45, 2.75) is 37.4 Å². The summed E-state index contributed by atoms with van der Waals surface area (Å²) in [6.45, 7) is 3.71. The lowest BCUT2D eigenvalue weighted by Crippen LogP contribution is -2.61. The number of rotatable bonds is 3. The van der Waals surface area contributed by atoms with Gasteiger partial charge in [0.2, 0.25) is 0 Å². The summed E-state index contributed by atoms with van der Waals surface area (Å²) in [5, 5.41) is 3.16. The zero-order valence-corrected chi connectivity index (χ0v) is 15.5. The highest BCUT2D eigenvalue weighted by Crippen LogP contribution is 2.46. The van der Waals surface area contributed by atoms with Crippen LogP contribution in [0.25, 0.3) is 0 Å². The topological polar surface area (TPSA) is 48.5 Å². The summed E-state index contributed by atoms with van der Waals surface area (Å²) in [5.41, 5.74) is 2.40.